The van der Waals surface area contributed by atoms with Gasteiger partial charge in [-0.25, -0.2) is 9.98 Å². The third-order valence-electron chi connectivity index (χ3n) is 3.83. The van der Waals surface area contributed by atoms with E-state index in [4.69, 9.17) is 4.99 Å². The lowest BCUT2D eigenvalue weighted by atomic mass is 10.1. The number of aliphatic imine (C=N–C) groups is 1. The lowest BCUT2D eigenvalue weighted by Crippen LogP contribution is -2.38. The molecule has 0 saturated heterocycles. The van der Waals surface area contributed by atoms with Crippen molar-refractivity contribution in [3.8, 4) is 0 Å². The highest BCUT2D eigenvalue weighted by Crippen LogP contribution is 2.13. The van der Waals surface area contributed by atoms with Gasteiger partial charge in [0.15, 0.2) is 5.96 Å². The molecule has 0 bridgehead atoms. The van der Waals surface area contributed by atoms with Gasteiger partial charge in [0.25, 0.3) is 0 Å². The van der Waals surface area contributed by atoms with Crippen LogP contribution in [0.3, 0.4) is 0 Å². The van der Waals surface area contributed by atoms with Gasteiger partial charge in [0.05, 0.1) is 11.6 Å². The van der Waals surface area contributed by atoms with Crippen molar-refractivity contribution < 1.29 is 0 Å². The van der Waals surface area contributed by atoms with E-state index < -0.39 is 0 Å². The molecule has 0 aliphatic rings. The van der Waals surface area contributed by atoms with E-state index in [0.29, 0.717) is 6.54 Å². The van der Waals surface area contributed by atoms with E-state index in [1.54, 1.807) is 11.3 Å². The third-order valence-corrected chi connectivity index (χ3v) is 5.03. The summed E-state index contributed by atoms with van der Waals surface area (Å²) < 4.78 is 0. The first-order chi connectivity index (χ1) is 11.6. The van der Waals surface area contributed by atoms with Gasteiger partial charge in [-0.15, -0.1) is 11.3 Å². The van der Waals surface area contributed by atoms with E-state index in [2.05, 4.69) is 61.5 Å². The summed E-state index contributed by atoms with van der Waals surface area (Å²) >= 11 is 1.80. The van der Waals surface area contributed by atoms with Crippen LogP contribution in [0, 0.1) is 13.8 Å². The third kappa shape index (κ3) is 5.64. The van der Waals surface area contributed by atoms with E-state index in [0.717, 1.165) is 31.9 Å². The summed E-state index contributed by atoms with van der Waals surface area (Å²) in [7, 11) is 0. The fourth-order valence-corrected chi connectivity index (χ4v) is 3.31. The first kappa shape index (κ1) is 18.5. The number of guanidine groups is 1. The second-order valence-corrected chi connectivity index (χ2v) is 7.08. The fourth-order valence-electron chi connectivity index (χ4n) is 2.44. The molecule has 1 aromatic heterocycles. The highest BCUT2D eigenvalue weighted by molar-refractivity contribution is 7.11. The number of hydrogen-bond acceptors (Lipinski definition) is 3. The van der Waals surface area contributed by atoms with Crippen LogP contribution < -0.4 is 10.6 Å². The number of thiazole rings is 1. The van der Waals surface area contributed by atoms with Gasteiger partial charge >= 0.3 is 0 Å². The van der Waals surface area contributed by atoms with Crippen LogP contribution in [0.4, 0.5) is 0 Å². The predicted molar refractivity (Wildman–Crippen MR) is 104 cm³/mol. The molecule has 2 aromatic rings. The number of aryl methyl sites for hydroxylation is 3. The molecule has 4 nitrogen and oxygen atoms in total. The Balaban J connectivity index is 1.90. The molecule has 24 heavy (non-hydrogen) atoms. The molecule has 0 amide bonds. The van der Waals surface area contributed by atoms with Gasteiger partial charge < -0.3 is 10.6 Å². The monoisotopic (exact) mass is 344 g/mol. The van der Waals surface area contributed by atoms with Gasteiger partial charge in [-0.2, -0.15) is 0 Å². The highest BCUT2D eigenvalue weighted by Gasteiger charge is 2.03. The summed E-state index contributed by atoms with van der Waals surface area (Å²) in [6.07, 6.45) is 3.98. The van der Waals surface area contributed by atoms with Crippen molar-refractivity contribution >= 4 is 17.3 Å². The Morgan fingerprint density at radius 2 is 2.04 bits per heavy atom. The van der Waals surface area contributed by atoms with Gasteiger partial charge in [0.1, 0.15) is 0 Å². The molecule has 5 heteroatoms. The van der Waals surface area contributed by atoms with Crippen LogP contribution in [0.1, 0.15) is 40.4 Å². The minimum Gasteiger partial charge on any atom is -0.357 e. The maximum atomic E-state index is 4.70. The molecule has 1 aromatic carbocycles. The summed E-state index contributed by atoms with van der Waals surface area (Å²) in [6.45, 7) is 10.9. The molecule has 2 rings (SSSR count). The zero-order chi connectivity index (χ0) is 17.4. The summed E-state index contributed by atoms with van der Waals surface area (Å²) in [6, 6.07) is 6.52. The normalized spacial score (nSPS) is 11.6. The summed E-state index contributed by atoms with van der Waals surface area (Å²) in [5, 5.41) is 7.90. The molecule has 1 heterocycles. The number of aromatic nitrogens is 1. The van der Waals surface area contributed by atoms with Gasteiger partial charge in [-0.1, -0.05) is 30.7 Å². The number of benzene rings is 1. The molecular weight excluding hydrogens is 316 g/mol. The number of nitrogens with one attached hydrogen (secondary N) is 2. The zero-order valence-corrected chi connectivity index (χ0v) is 16.0. The van der Waals surface area contributed by atoms with Crippen LogP contribution >= 0.6 is 11.3 Å². The molecule has 0 atom stereocenters. The van der Waals surface area contributed by atoms with Crippen molar-refractivity contribution in [1.29, 1.82) is 0 Å². The van der Waals surface area contributed by atoms with Crippen LogP contribution in [0.25, 0.3) is 0 Å². The summed E-state index contributed by atoms with van der Waals surface area (Å²) in [5.74, 6) is 0.866. The fraction of sp³-hybridized carbons (Fsp3) is 0.474. The molecule has 130 valence electrons. The van der Waals surface area contributed by atoms with E-state index in [9.17, 15) is 0 Å². The molecule has 0 radical (unpaired) electrons. The summed E-state index contributed by atoms with van der Waals surface area (Å²) in [4.78, 5) is 10.5. The molecule has 0 fully saturated rings. The maximum absolute atomic E-state index is 4.70. The SMILES string of the molecule is CCNC(=NCc1ccc(C)cc1C)NCCc1ncc(CC)s1. The average Bonchev–Trinajstić information content (AvgIpc) is 3.02. The Morgan fingerprint density at radius 1 is 1.21 bits per heavy atom. The highest BCUT2D eigenvalue weighted by atomic mass is 32.1. The topological polar surface area (TPSA) is 49.3 Å². The Labute approximate surface area is 149 Å². The van der Waals surface area contributed by atoms with Gasteiger partial charge in [0.2, 0.25) is 0 Å². The minimum atomic E-state index is 0.693. The Morgan fingerprint density at radius 3 is 2.71 bits per heavy atom. The Kier molecular flexibility index (Phi) is 7.25. The van der Waals surface area contributed by atoms with Crippen LogP contribution in [-0.4, -0.2) is 24.0 Å². The van der Waals surface area contributed by atoms with Crippen molar-refractivity contribution in [1.82, 2.24) is 15.6 Å². The molecule has 0 aliphatic heterocycles. The van der Waals surface area contributed by atoms with E-state index in [1.165, 1.54) is 26.6 Å². The van der Waals surface area contributed by atoms with Crippen LogP contribution in [0.5, 0.6) is 0 Å². The first-order valence-electron chi connectivity index (χ1n) is 8.64. The number of nitrogens with zero attached hydrogens (tertiary/aromatic N) is 2. The maximum Gasteiger partial charge on any atom is 0.191 e. The van der Waals surface area contributed by atoms with Crippen molar-refractivity contribution in [2.45, 2.75) is 47.1 Å². The van der Waals surface area contributed by atoms with Crippen LogP contribution in [-0.2, 0) is 19.4 Å². The molecule has 0 saturated carbocycles. The van der Waals surface area contributed by atoms with Crippen LogP contribution in [0.2, 0.25) is 0 Å². The number of rotatable bonds is 7. The minimum absolute atomic E-state index is 0.693. The van der Waals surface area contributed by atoms with E-state index in [1.807, 2.05) is 6.20 Å². The van der Waals surface area contributed by atoms with Crippen LogP contribution in [0.15, 0.2) is 29.4 Å². The second kappa shape index (κ2) is 9.42. The van der Waals surface area contributed by atoms with Crippen molar-refractivity contribution in [3.05, 3.63) is 51.0 Å². The van der Waals surface area contributed by atoms with Gasteiger partial charge in [-0.3, -0.25) is 0 Å². The zero-order valence-electron chi connectivity index (χ0n) is 15.1. The molecule has 0 spiro atoms. The van der Waals surface area contributed by atoms with Gasteiger partial charge in [0, 0.05) is 30.6 Å². The summed E-state index contributed by atoms with van der Waals surface area (Å²) in [5.41, 5.74) is 3.86. The number of hydrogen-bond donors (Lipinski definition) is 2. The Bertz CT molecular complexity index is 676. The van der Waals surface area contributed by atoms with Gasteiger partial charge in [-0.05, 0) is 38.3 Å². The molecule has 2 N–H and O–H groups in total. The molecule has 0 unspecified atom stereocenters. The second-order valence-electron chi connectivity index (χ2n) is 5.88. The van der Waals surface area contributed by atoms with Crippen molar-refractivity contribution in [3.63, 3.8) is 0 Å². The Hall–Kier alpha value is -1.88. The quantitative estimate of drug-likeness (QED) is 0.596. The first-order valence-corrected chi connectivity index (χ1v) is 9.46. The smallest absolute Gasteiger partial charge is 0.191 e. The largest absolute Gasteiger partial charge is 0.357 e. The van der Waals surface area contributed by atoms with E-state index >= 15 is 0 Å². The lowest BCUT2D eigenvalue weighted by molar-refractivity contribution is 0.796. The average molecular weight is 345 g/mol. The molecular formula is C19H28N4S. The van der Waals surface area contributed by atoms with E-state index in [-0.39, 0.29) is 0 Å². The van der Waals surface area contributed by atoms with Crippen molar-refractivity contribution in [2.24, 2.45) is 4.99 Å². The molecule has 0 aliphatic carbocycles. The lowest BCUT2D eigenvalue weighted by Gasteiger charge is -2.11. The predicted octanol–water partition coefficient (Wildman–Crippen LogP) is 3.62. The standard InChI is InChI=1S/C19H28N4S/c1-5-17-13-22-18(24-17)9-10-21-19(20-6-2)23-12-16-8-7-14(3)11-15(16)4/h7-8,11,13H,5-6,9-10,12H2,1-4H3,(H2,20,21,23). The van der Waals surface area contributed by atoms with Crippen molar-refractivity contribution in [2.75, 3.05) is 13.1 Å².